The molecule has 1 saturated heterocycles. The number of carbonyl (C=O) groups excluding carboxylic acids is 1. The van der Waals surface area contributed by atoms with Gasteiger partial charge in [-0.25, -0.2) is 17.8 Å². The third-order valence-electron chi connectivity index (χ3n) is 4.38. The molecule has 0 N–H and O–H groups in total. The first-order valence-corrected chi connectivity index (χ1v) is 10.2. The second-order valence-corrected chi connectivity index (χ2v) is 8.51. The molecule has 0 spiro atoms. The number of pyridine rings is 1. The maximum absolute atomic E-state index is 13.1. The maximum atomic E-state index is 13.1. The van der Waals surface area contributed by atoms with Crippen molar-refractivity contribution in [1.29, 1.82) is 0 Å². The molecule has 27 heavy (non-hydrogen) atoms. The molecule has 2 aromatic rings. The van der Waals surface area contributed by atoms with Crippen LogP contribution < -0.4 is 0 Å². The molecule has 144 valence electrons. The molecule has 1 aliphatic rings. The van der Waals surface area contributed by atoms with E-state index in [2.05, 4.69) is 4.98 Å². The van der Waals surface area contributed by atoms with Crippen molar-refractivity contribution < 1.29 is 22.3 Å². The molecule has 0 amide bonds. The molecule has 1 unspecified atom stereocenters. The average Bonchev–Trinajstić information content (AvgIpc) is 2.67. The van der Waals surface area contributed by atoms with E-state index in [-0.39, 0.29) is 23.2 Å². The molecule has 0 bridgehead atoms. The molecule has 0 radical (unpaired) electrons. The van der Waals surface area contributed by atoms with Gasteiger partial charge in [-0.3, -0.25) is 4.79 Å². The van der Waals surface area contributed by atoms with Crippen LogP contribution in [0.4, 0.5) is 4.39 Å². The summed E-state index contributed by atoms with van der Waals surface area (Å²) in [4.78, 5) is 16.3. The summed E-state index contributed by atoms with van der Waals surface area (Å²) < 4.78 is 45.0. The summed E-state index contributed by atoms with van der Waals surface area (Å²) in [7, 11) is -3.79. The molecular weight excluding hydrogens is 395 g/mol. The van der Waals surface area contributed by atoms with Crippen molar-refractivity contribution >= 4 is 27.6 Å². The second kappa shape index (κ2) is 8.33. The number of hydrogen-bond acceptors (Lipinski definition) is 5. The van der Waals surface area contributed by atoms with Gasteiger partial charge in [0.15, 0.2) is 0 Å². The Balaban J connectivity index is 1.65. The predicted octanol–water partition coefficient (Wildman–Crippen LogP) is 3.02. The van der Waals surface area contributed by atoms with Crippen molar-refractivity contribution in [3.63, 3.8) is 0 Å². The van der Waals surface area contributed by atoms with Gasteiger partial charge in [-0.05, 0) is 43.2 Å². The first-order valence-electron chi connectivity index (χ1n) is 8.39. The van der Waals surface area contributed by atoms with E-state index in [1.807, 2.05) is 0 Å². The molecular formula is C18H18ClFN2O4S. The summed E-state index contributed by atoms with van der Waals surface area (Å²) in [6.07, 6.45) is 2.61. The number of nitrogens with zero attached hydrogens (tertiary/aromatic N) is 2. The van der Waals surface area contributed by atoms with Crippen molar-refractivity contribution in [3.05, 3.63) is 59.1 Å². The van der Waals surface area contributed by atoms with Gasteiger partial charge in [-0.15, -0.1) is 0 Å². The summed E-state index contributed by atoms with van der Waals surface area (Å²) in [6.45, 7) is 0.309. The van der Waals surface area contributed by atoms with Crippen molar-refractivity contribution in [2.45, 2.75) is 24.3 Å². The normalized spacial score (nSPS) is 18.2. The number of carbonyl (C=O) groups is 1. The van der Waals surface area contributed by atoms with Gasteiger partial charge in [-0.1, -0.05) is 17.7 Å². The van der Waals surface area contributed by atoms with E-state index in [0.717, 1.165) is 12.1 Å². The molecule has 3 rings (SSSR count). The van der Waals surface area contributed by atoms with Crippen LogP contribution in [0.5, 0.6) is 0 Å². The zero-order valence-corrected chi connectivity index (χ0v) is 15.9. The highest BCUT2D eigenvalue weighted by atomic mass is 35.5. The van der Waals surface area contributed by atoms with Gasteiger partial charge in [0.2, 0.25) is 10.0 Å². The smallest absolute Gasteiger partial charge is 0.310 e. The average molecular weight is 413 g/mol. The van der Waals surface area contributed by atoms with Gasteiger partial charge in [0, 0.05) is 24.8 Å². The van der Waals surface area contributed by atoms with Gasteiger partial charge in [-0.2, -0.15) is 4.31 Å². The van der Waals surface area contributed by atoms with Crippen molar-refractivity contribution in [2.75, 3.05) is 13.1 Å². The van der Waals surface area contributed by atoms with Crippen LogP contribution in [0.1, 0.15) is 18.4 Å². The zero-order chi connectivity index (χ0) is 19.4. The van der Waals surface area contributed by atoms with E-state index in [1.54, 1.807) is 12.1 Å². The predicted molar refractivity (Wildman–Crippen MR) is 96.9 cm³/mol. The van der Waals surface area contributed by atoms with Crippen LogP contribution >= 0.6 is 11.6 Å². The maximum Gasteiger partial charge on any atom is 0.310 e. The third kappa shape index (κ3) is 4.63. The molecule has 9 heteroatoms. The summed E-state index contributed by atoms with van der Waals surface area (Å²) in [5.74, 6) is -1.55. The van der Waals surface area contributed by atoms with Crippen LogP contribution in [0, 0.1) is 11.7 Å². The highest BCUT2D eigenvalue weighted by molar-refractivity contribution is 7.89. The van der Waals surface area contributed by atoms with E-state index in [4.69, 9.17) is 16.3 Å². The zero-order valence-electron chi connectivity index (χ0n) is 14.3. The molecule has 0 saturated carbocycles. The summed E-state index contributed by atoms with van der Waals surface area (Å²) in [5, 5.41) is 0.259. The fourth-order valence-electron chi connectivity index (χ4n) is 2.90. The Morgan fingerprint density at radius 2 is 2.04 bits per heavy atom. The number of esters is 1. The van der Waals surface area contributed by atoms with Crippen LogP contribution in [0.15, 0.2) is 47.5 Å². The van der Waals surface area contributed by atoms with Gasteiger partial charge in [0.1, 0.15) is 17.6 Å². The largest absolute Gasteiger partial charge is 0.460 e. The lowest BCUT2D eigenvalue weighted by Crippen LogP contribution is -2.42. The Kier molecular flexibility index (Phi) is 6.08. The lowest BCUT2D eigenvalue weighted by atomic mass is 10.00. The van der Waals surface area contributed by atoms with Gasteiger partial charge >= 0.3 is 5.97 Å². The number of aromatic nitrogens is 1. The Bertz CT molecular complexity index is 921. The van der Waals surface area contributed by atoms with Gasteiger partial charge in [0.25, 0.3) is 0 Å². The fraction of sp³-hybridized carbons (Fsp3) is 0.333. The Hall–Kier alpha value is -2.03. The molecule has 1 aliphatic heterocycles. The Labute approximate surface area is 162 Å². The van der Waals surface area contributed by atoms with Crippen LogP contribution in [0.3, 0.4) is 0 Å². The standard InChI is InChI=1S/C18H18ClFN2O4S/c19-17-14(3-1-9-21-17)12-26-18(23)13-4-2-10-22(11-13)27(24,25)16-7-5-15(20)6-8-16/h1,3,5-9,13H,2,4,10-12H2. The Morgan fingerprint density at radius 1 is 1.30 bits per heavy atom. The number of piperidine rings is 1. The fourth-order valence-corrected chi connectivity index (χ4v) is 4.60. The van der Waals surface area contributed by atoms with Crippen molar-refractivity contribution in [1.82, 2.24) is 9.29 Å². The van der Waals surface area contributed by atoms with Crippen molar-refractivity contribution in [2.24, 2.45) is 5.92 Å². The molecule has 6 nitrogen and oxygen atoms in total. The highest BCUT2D eigenvalue weighted by Crippen LogP contribution is 2.25. The first-order chi connectivity index (χ1) is 12.9. The molecule has 1 atom stereocenters. The quantitative estimate of drug-likeness (QED) is 0.557. The first kappa shape index (κ1) is 19.7. The third-order valence-corrected chi connectivity index (χ3v) is 6.59. The summed E-state index contributed by atoms with van der Waals surface area (Å²) in [5.41, 5.74) is 0.583. The highest BCUT2D eigenvalue weighted by Gasteiger charge is 2.34. The van der Waals surface area contributed by atoms with Crippen LogP contribution in [0.2, 0.25) is 5.15 Å². The minimum atomic E-state index is -3.79. The lowest BCUT2D eigenvalue weighted by Gasteiger charge is -2.30. The van der Waals surface area contributed by atoms with Crippen LogP contribution in [0.25, 0.3) is 0 Å². The number of ether oxygens (including phenoxy) is 1. The number of benzene rings is 1. The Morgan fingerprint density at radius 3 is 2.74 bits per heavy atom. The van der Waals surface area contributed by atoms with E-state index >= 15 is 0 Å². The van der Waals surface area contributed by atoms with Crippen LogP contribution in [-0.2, 0) is 26.2 Å². The number of halogens is 2. The van der Waals surface area contributed by atoms with E-state index in [9.17, 15) is 17.6 Å². The topological polar surface area (TPSA) is 76.6 Å². The minimum Gasteiger partial charge on any atom is -0.460 e. The van der Waals surface area contributed by atoms with E-state index in [0.29, 0.717) is 24.9 Å². The monoisotopic (exact) mass is 412 g/mol. The molecule has 2 heterocycles. The van der Waals surface area contributed by atoms with Gasteiger partial charge in [0.05, 0.1) is 10.8 Å². The second-order valence-electron chi connectivity index (χ2n) is 6.22. The minimum absolute atomic E-state index is 0.0000547. The number of rotatable bonds is 5. The van der Waals surface area contributed by atoms with E-state index in [1.165, 1.54) is 22.6 Å². The number of sulfonamides is 1. The molecule has 1 aromatic heterocycles. The molecule has 1 fully saturated rings. The van der Waals surface area contributed by atoms with Crippen LogP contribution in [-0.4, -0.2) is 36.8 Å². The molecule has 1 aromatic carbocycles. The molecule has 0 aliphatic carbocycles. The van der Waals surface area contributed by atoms with Crippen molar-refractivity contribution in [3.8, 4) is 0 Å². The lowest BCUT2D eigenvalue weighted by molar-refractivity contribution is -0.151. The summed E-state index contributed by atoms with van der Waals surface area (Å²) >= 11 is 5.94. The van der Waals surface area contributed by atoms with Gasteiger partial charge < -0.3 is 4.74 Å². The summed E-state index contributed by atoms with van der Waals surface area (Å²) in [6, 6.07) is 8.02. The number of hydrogen-bond donors (Lipinski definition) is 0. The SMILES string of the molecule is O=C(OCc1cccnc1Cl)C1CCCN(S(=O)(=O)c2ccc(F)cc2)C1. The van der Waals surface area contributed by atoms with E-state index < -0.39 is 27.7 Å².